The Hall–Kier alpha value is -1.10. The summed E-state index contributed by atoms with van der Waals surface area (Å²) in [6, 6.07) is -0.400. The zero-order valence-electron chi connectivity index (χ0n) is 10.1. The summed E-state index contributed by atoms with van der Waals surface area (Å²) in [7, 11) is 0. The Morgan fingerprint density at radius 2 is 1.94 bits per heavy atom. The number of amides is 2. The molecule has 1 aliphatic carbocycles. The second kappa shape index (κ2) is 5.04. The van der Waals surface area contributed by atoms with Gasteiger partial charge in [-0.3, -0.25) is 9.59 Å². The number of nitrogens with two attached hydrogens (primary N) is 2. The molecule has 0 aromatic rings. The molecule has 4 N–H and O–H groups in total. The average molecular weight is 239 g/mol. The van der Waals surface area contributed by atoms with Crippen LogP contribution >= 0.6 is 0 Å². The first kappa shape index (κ1) is 12.4. The van der Waals surface area contributed by atoms with Crippen LogP contribution in [0.25, 0.3) is 0 Å². The van der Waals surface area contributed by atoms with E-state index in [1.807, 2.05) is 4.90 Å². The molecule has 5 heteroatoms. The minimum absolute atomic E-state index is 0.0489. The van der Waals surface area contributed by atoms with E-state index in [0.29, 0.717) is 12.0 Å². The SMILES string of the molecule is NC(=O)CC(N)C(=O)N1CCC2CCCCC21. The van der Waals surface area contributed by atoms with Gasteiger partial charge >= 0.3 is 0 Å². The van der Waals surface area contributed by atoms with Crippen molar-refractivity contribution in [3.8, 4) is 0 Å². The molecule has 5 nitrogen and oxygen atoms in total. The van der Waals surface area contributed by atoms with Crippen molar-refractivity contribution in [2.75, 3.05) is 6.54 Å². The number of rotatable bonds is 3. The van der Waals surface area contributed by atoms with Crippen LogP contribution in [0.15, 0.2) is 0 Å². The first-order valence-corrected chi connectivity index (χ1v) is 6.44. The molecular formula is C12H21N3O2. The predicted octanol–water partition coefficient (Wildman–Crippen LogP) is -0.0198. The minimum atomic E-state index is -0.756. The zero-order chi connectivity index (χ0) is 12.4. The number of hydrogen-bond donors (Lipinski definition) is 2. The number of hydrogen-bond acceptors (Lipinski definition) is 3. The monoisotopic (exact) mass is 239 g/mol. The van der Waals surface area contributed by atoms with Gasteiger partial charge in [-0.05, 0) is 25.2 Å². The van der Waals surface area contributed by atoms with Crippen LogP contribution in [-0.2, 0) is 9.59 Å². The van der Waals surface area contributed by atoms with Crippen molar-refractivity contribution in [1.82, 2.24) is 4.90 Å². The second-order valence-electron chi connectivity index (χ2n) is 5.21. The van der Waals surface area contributed by atoms with Crippen LogP contribution in [0, 0.1) is 5.92 Å². The van der Waals surface area contributed by atoms with E-state index in [1.165, 1.54) is 19.3 Å². The fraction of sp³-hybridized carbons (Fsp3) is 0.833. The molecule has 96 valence electrons. The van der Waals surface area contributed by atoms with E-state index in [9.17, 15) is 9.59 Å². The lowest BCUT2D eigenvalue weighted by molar-refractivity contribution is -0.136. The summed E-state index contributed by atoms with van der Waals surface area (Å²) >= 11 is 0. The summed E-state index contributed by atoms with van der Waals surface area (Å²) < 4.78 is 0. The van der Waals surface area contributed by atoms with Gasteiger partial charge in [0.2, 0.25) is 11.8 Å². The maximum atomic E-state index is 12.1. The van der Waals surface area contributed by atoms with E-state index in [0.717, 1.165) is 19.4 Å². The summed E-state index contributed by atoms with van der Waals surface area (Å²) in [5.41, 5.74) is 10.8. The van der Waals surface area contributed by atoms with Crippen molar-refractivity contribution < 1.29 is 9.59 Å². The molecule has 1 heterocycles. The molecule has 0 radical (unpaired) electrons. The molecule has 3 atom stereocenters. The van der Waals surface area contributed by atoms with Gasteiger partial charge in [-0.1, -0.05) is 12.8 Å². The maximum absolute atomic E-state index is 12.1. The van der Waals surface area contributed by atoms with Crippen LogP contribution in [0.5, 0.6) is 0 Å². The summed E-state index contributed by atoms with van der Waals surface area (Å²) in [4.78, 5) is 24.8. The number of fused-ring (bicyclic) bond motifs is 1. The van der Waals surface area contributed by atoms with E-state index in [1.54, 1.807) is 0 Å². The van der Waals surface area contributed by atoms with Crippen LogP contribution in [0.4, 0.5) is 0 Å². The highest BCUT2D eigenvalue weighted by Gasteiger charge is 2.39. The van der Waals surface area contributed by atoms with Crippen molar-refractivity contribution in [2.24, 2.45) is 17.4 Å². The zero-order valence-corrected chi connectivity index (χ0v) is 10.1. The molecule has 0 bridgehead atoms. The molecular weight excluding hydrogens is 218 g/mol. The molecule has 0 spiro atoms. The molecule has 17 heavy (non-hydrogen) atoms. The molecule has 3 unspecified atom stereocenters. The first-order valence-electron chi connectivity index (χ1n) is 6.44. The predicted molar refractivity (Wildman–Crippen MR) is 63.9 cm³/mol. The minimum Gasteiger partial charge on any atom is -0.370 e. The summed E-state index contributed by atoms with van der Waals surface area (Å²) in [5.74, 6) is 0.0388. The third kappa shape index (κ3) is 2.60. The number of likely N-dealkylation sites (tertiary alicyclic amines) is 1. The molecule has 2 fully saturated rings. The Morgan fingerprint density at radius 3 is 2.65 bits per heavy atom. The van der Waals surface area contributed by atoms with Crippen molar-refractivity contribution >= 4 is 11.8 Å². The number of nitrogens with zero attached hydrogens (tertiary/aromatic N) is 1. The highest BCUT2D eigenvalue weighted by Crippen LogP contribution is 2.36. The topological polar surface area (TPSA) is 89.4 Å². The Labute approximate surface area is 102 Å². The Morgan fingerprint density at radius 1 is 1.24 bits per heavy atom. The third-order valence-electron chi connectivity index (χ3n) is 4.03. The molecule has 0 aromatic heterocycles. The maximum Gasteiger partial charge on any atom is 0.240 e. The lowest BCUT2D eigenvalue weighted by atomic mass is 9.85. The van der Waals surface area contributed by atoms with E-state index in [-0.39, 0.29) is 12.3 Å². The summed E-state index contributed by atoms with van der Waals surface area (Å²) in [5, 5.41) is 0. The van der Waals surface area contributed by atoms with E-state index in [4.69, 9.17) is 11.5 Å². The van der Waals surface area contributed by atoms with Crippen molar-refractivity contribution in [2.45, 2.75) is 50.6 Å². The molecule has 1 aliphatic heterocycles. The Kier molecular flexibility index (Phi) is 3.66. The molecule has 1 saturated heterocycles. The van der Waals surface area contributed by atoms with E-state index >= 15 is 0 Å². The van der Waals surface area contributed by atoms with Gasteiger partial charge in [0, 0.05) is 12.6 Å². The fourth-order valence-electron chi connectivity index (χ4n) is 3.20. The quantitative estimate of drug-likeness (QED) is 0.725. The standard InChI is InChI=1S/C12H21N3O2/c13-9(7-11(14)16)12(17)15-6-5-8-3-1-2-4-10(8)15/h8-10H,1-7,13H2,(H2,14,16). The van der Waals surface area contributed by atoms with Gasteiger partial charge in [0.1, 0.15) is 0 Å². The second-order valence-corrected chi connectivity index (χ2v) is 5.21. The van der Waals surface area contributed by atoms with Crippen molar-refractivity contribution in [1.29, 1.82) is 0 Å². The van der Waals surface area contributed by atoms with Gasteiger partial charge in [-0.25, -0.2) is 0 Å². The molecule has 2 aliphatic rings. The Bertz CT molecular complexity index is 319. The smallest absolute Gasteiger partial charge is 0.240 e. The highest BCUT2D eigenvalue weighted by atomic mass is 16.2. The van der Waals surface area contributed by atoms with E-state index < -0.39 is 11.9 Å². The average Bonchev–Trinajstić information content (AvgIpc) is 2.70. The van der Waals surface area contributed by atoms with Gasteiger partial charge in [0.05, 0.1) is 12.5 Å². The van der Waals surface area contributed by atoms with Gasteiger partial charge < -0.3 is 16.4 Å². The van der Waals surface area contributed by atoms with Crippen LogP contribution in [-0.4, -0.2) is 35.3 Å². The lowest BCUT2D eigenvalue weighted by Gasteiger charge is -2.32. The van der Waals surface area contributed by atoms with Crippen LogP contribution in [0.1, 0.15) is 38.5 Å². The van der Waals surface area contributed by atoms with Crippen LogP contribution in [0.2, 0.25) is 0 Å². The van der Waals surface area contributed by atoms with Crippen molar-refractivity contribution in [3.05, 3.63) is 0 Å². The summed E-state index contributed by atoms with van der Waals surface area (Å²) in [6.07, 6.45) is 5.80. The fourth-order valence-corrected chi connectivity index (χ4v) is 3.20. The van der Waals surface area contributed by atoms with Crippen molar-refractivity contribution in [3.63, 3.8) is 0 Å². The number of carbonyl (C=O) groups is 2. The van der Waals surface area contributed by atoms with Gasteiger partial charge in [0.15, 0.2) is 0 Å². The highest BCUT2D eigenvalue weighted by molar-refractivity contribution is 5.87. The number of carbonyl (C=O) groups excluding carboxylic acids is 2. The van der Waals surface area contributed by atoms with E-state index in [2.05, 4.69) is 0 Å². The molecule has 0 aromatic carbocycles. The van der Waals surface area contributed by atoms with Crippen LogP contribution < -0.4 is 11.5 Å². The van der Waals surface area contributed by atoms with Gasteiger partial charge in [-0.2, -0.15) is 0 Å². The molecule has 2 amide bonds. The molecule has 1 saturated carbocycles. The molecule has 2 rings (SSSR count). The van der Waals surface area contributed by atoms with Gasteiger partial charge in [-0.15, -0.1) is 0 Å². The summed E-state index contributed by atoms with van der Waals surface area (Å²) in [6.45, 7) is 0.792. The van der Waals surface area contributed by atoms with Crippen LogP contribution in [0.3, 0.4) is 0 Å². The first-order chi connectivity index (χ1) is 8.09. The van der Waals surface area contributed by atoms with Gasteiger partial charge in [0.25, 0.3) is 0 Å². The lowest BCUT2D eigenvalue weighted by Crippen LogP contribution is -2.48. The third-order valence-corrected chi connectivity index (χ3v) is 4.03. The number of primary amides is 1. The normalized spacial score (nSPS) is 29.8. The Balaban J connectivity index is 1.97. The largest absolute Gasteiger partial charge is 0.370 e.